The molecule has 0 radical (unpaired) electrons. The third-order valence-corrected chi connectivity index (χ3v) is 27.8. The maximum atomic E-state index is 13.1. The standard InChI is InChI=1S/C117H226O21/c1-7-13-19-56-74-103(118)76-58-44-34-27-30-38-50-70-88-115(126)136-105(78-60-21-15-9-3)80-64-46-36-26-25-33-41-55-73-91-133-107(82-62-23-17-11-5)100-111(122)109(120)84-66-48-42-53-68-86-113(124)134-98-96-129-92-94-131-102-132-95-93-130-97-99-135-114(125)87-69-54-43-49-67-85-110(121)112(123)101-108(83-63-24-18-12-6)138-117(128)90-72-52-40-32-29-37-47-65-81-106(79-61-22-16-10-4)137-116(127)89-71-51-39-31-28-35-45-59-77-104(119)75-57-20-14-8-2/h103-112,118-123H,7-102H2,1-6H3. The number of hydrogen-bond acceptors (Lipinski definition) is 21. The monoisotopic (exact) mass is 1970 g/mol. The number of carbonyl (C=O) groups excluding carboxylic acids is 5. The van der Waals surface area contributed by atoms with Crippen LogP contribution in [-0.2, 0) is 71.3 Å². The van der Waals surface area contributed by atoms with Crippen molar-refractivity contribution >= 4 is 29.8 Å². The van der Waals surface area contributed by atoms with Crippen LogP contribution in [0.4, 0.5) is 0 Å². The number of hydrogen-bond donors (Lipinski definition) is 6. The Morgan fingerprint density at radius 1 is 0.181 bits per heavy atom. The first-order valence-corrected chi connectivity index (χ1v) is 59.4. The Morgan fingerprint density at radius 3 is 0.674 bits per heavy atom. The summed E-state index contributed by atoms with van der Waals surface area (Å²) in [6.45, 7) is 16.2. The molecule has 820 valence electrons. The molecule has 0 spiro atoms. The number of rotatable bonds is 115. The van der Waals surface area contributed by atoms with Crippen molar-refractivity contribution in [1.29, 1.82) is 0 Å². The molecule has 0 fully saturated rings. The molecule has 0 saturated heterocycles. The van der Waals surface area contributed by atoms with Crippen LogP contribution in [0.2, 0.25) is 0 Å². The van der Waals surface area contributed by atoms with Crippen LogP contribution in [0.3, 0.4) is 0 Å². The first-order valence-electron chi connectivity index (χ1n) is 59.4. The lowest BCUT2D eigenvalue weighted by atomic mass is 9.97. The third kappa shape index (κ3) is 98.9. The van der Waals surface area contributed by atoms with E-state index < -0.39 is 30.5 Å². The molecule has 0 aromatic carbocycles. The molecule has 0 aromatic rings. The van der Waals surface area contributed by atoms with Gasteiger partial charge in [0.2, 0.25) is 0 Å². The van der Waals surface area contributed by atoms with E-state index in [9.17, 15) is 54.6 Å². The molecule has 0 heterocycles. The van der Waals surface area contributed by atoms with Gasteiger partial charge in [-0.2, -0.15) is 0 Å². The average Bonchev–Trinajstić information content (AvgIpc) is 0.914. The van der Waals surface area contributed by atoms with Crippen LogP contribution in [0.5, 0.6) is 0 Å². The molecule has 0 aliphatic carbocycles. The Kier molecular flexibility index (Phi) is 106. The van der Waals surface area contributed by atoms with Gasteiger partial charge in [-0.3, -0.25) is 24.0 Å². The Balaban J connectivity index is 4.11. The molecule has 0 saturated carbocycles. The maximum absolute atomic E-state index is 13.1. The Bertz CT molecular complexity index is 2510. The molecular weight excluding hydrogens is 1740 g/mol. The fourth-order valence-corrected chi connectivity index (χ4v) is 18.7. The van der Waals surface area contributed by atoms with E-state index in [4.69, 9.17) is 47.4 Å². The fraction of sp³-hybridized carbons (Fsp3) is 0.957. The lowest BCUT2D eigenvalue weighted by molar-refractivity contribution is -0.152. The van der Waals surface area contributed by atoms with Crippen LogP contribution in [-0.4, -0.2) is 188 Å². The number of carbonyl (C=O) groups is 5. The Labute approximate surface area is 848 Å². The Hall–Kier alpha value is -3.09. The smallest absolute Gasteiger partial charge is 0.306 e. The van der Waals surface area contributed by atoms with Crippen LogP contribution in [0.15, 0.2) is 0 Å². The molecule has 0 aliphatic heterocycles. The summed E-state index contributed by atoms with van der Waals surface area (Å²) in [5.41, 5.74) is 0. The quantitative estimate of drug-likeness (QED) is 0.0143. The highest BCUT2D eigenvalue weighted by Gasteiger charge is 2.26. The van der Waals surface area contributed by atoms with Gasteiger partial charge in [-0.1, -0.05) is 401 Å². The summed E-state index contributed by atoms with van der Waals surface area (Å²) in [6.07, 6.45) is 83.0. The highest BCUT2D eigenvalue weighted by molar-refractivity contribution is 5.71. The van der Waals surface area contributed by atoms with Gasteiger partial charge in [0, 0.05) is 51.6 Å². The van der Waals surface area contributed by atoms with Crippen LogP contribution < -0.4 is 0 Å². The van der Waals surface area contributed by atoms with E-state index in [1.807, 2.05) is 0 Å². The summed E-state index contributed by atoms with van der Waals surface area (Å²) >= 11 is 0. The second-order valence-corrected chi connectivity index (χ2v) is 41.3. The van der Waals surface area contributed by atoms with Gasteiger partial charge in [0.25, 0.3) is 0 Å². The van der Waals surface area contributed by atoms with Crippen LogP contribution in [0.1, 0.15) is 594 Å². The molecule has 10 unspecified atom stereocenters. The van der Waals surface area contributed by atoms with Gasteiger partial charge >= 0.3 is 29.8 Å². The van der Waals surface area contributed by atoms with Crippen molar-refractivity contribution in [3.63, 3.8) is 0 Å². The number of unbranched alkanes of at least 4 members (excludes halogenated alkanes) is 55. The van der Waals surface area contributed by atoms with Crippen molar-refractivity contribution in [1.82, 2.24) is 0 Å². The van der Waals surface area contributed by atoms with E-state index in [1.54, 1.807) is 0 Å². The molecule has 0 rings (SSSR count). The minimum absolute atomic E-state index is 0.00246. The zero-order chi connectivity index (χ0) is 101. The molecule has 10 atom stereocenters. The molecule has 0 aromatic heterocycles. The van der Waals surface area contributed by atoms with Crippen LogP contribution in [0.25, 0.3) is 0 Å². The molecule has 21 heteroatoms. The van der Waals surface area contributed by atoms with Gasteiger partial charge in [0.1, 0.15) is 38.3 Å². The molecule has 6 N–H and O–H groups in total. The van der Waals surface area contributed by atoms with Crippen molar-refractivity contribution in [2.45, 2.75) is 655 Å². The zero-order valence-electron chi connectivity index (χ0n) is 91.0. The van der Waals surface area contributed by atoms with Crippen molar-refractivity contribution in [3.8, 4) is 0 Å². The summed E-state index contributed by atoms with van der Waals surface area (Å²) in [7, 11) is 0. The summed E-state index contributed by atoms with van der Waals surface area (Å²) in [5, 5.41) is 64.4. The number of esters is 5. The number of aliphatic hydroxyl groups excluding tert-OH is 6. The summed E-state index contributed by atoms with van der Waals surface area (Å²) < 4.78 is 57.2. The summed E-state index contributed by atoms with van der Waals surface area (Å²) in [6, 6.07) is 0. The predicted octanol–water partition coefficient (Wildman–Crippen LogP) is 30.1. The summed E-state index contributed by atoms with van der Waals surface area (Å²) in [5.74, 6) is -0.760. The largest absolute Gasteiger partial charge is 0.463 e. The van der Waals surface area contributed by atoms with Gasteiger partial charge < -0.3 is 78.0 Å². The van der Waals surface area contributed by atoms with Crippen LogP contribution >= 0.6 is 0 Å². The molecule has 0 bridgehead atoms. The van der Waals surface area contributed by atoms with E-state index in [2.05, 4.69) is 41.5 Å². The normalized spacial score (nSPS) is 14.0. The SMILES string of the molecule is CCCCCCC(O)CCCCCCCCCCC(=O)OC(CCCCCC)CCCCCCCCCCCOC(CCCCCC)CC(O)C(O)CCCCCCCC(=O)OCCOCCOCOCCOCCOC(=O)CCCCCCCC(O)C(O)CC(CCCCCC)OC(=O)CCCCCCCCCCC(CCCCCC)OC(=O)CCCCCCCCCCC(O)CCCCCC. The predicted molar refractivity (Wildman–Crippen MR) is 567 cm³/mol. The molecule has 0 amide bonds. The van der Waals surface area contributed by atoms with Crippen LogP contribution in [0, 0.1) is 0 Å². The van der Waals surface area contributed by atoms with E-state index in [-0.39, 0.29) is 100 Å². The molecule has 138 heavy (non-hydrogen) atoms. The first kappa shape index (κ1) is 135. The maximum Gasteiger partial charge on any atom is 0.306 e. The molecular formula is C117H226O21. The van der Waals surface area contributed by atoms with Gasteiger partial charge in [0.15, 0.2) is 0 Å². The second kappa shape index (κ2) is 108. The third-order valence-electron chi connectivity index (χ3n) is 27.8. The van der Waals surface area contributed by atoms with Gasteiger partial charge in [-0.05, 0) is 148 Å². The number of ether oxygens (including phenoxy) is 10. The minimum atomic E-state index is -0.973. The van der Waals surface area contributed by atoms with Crippen molar-refractivity contribution < 1.29 is 102 Å². The number of aliphatic hydroxyl groups is 6. The Morgan fingerprint density at radius 2 is 0.384 bits per heavy atom. The van der Waals surface area contributed by atoms with E-state index >= 15 is 0 Å². The highest BCUT2D eigenvalue weighted by Crippen LogP contribution is 2.27. The van der Waals surface area contributed by atoms with E-state index in [0.29, 0.717) is 97.2 Å². The lowest BCUT2D eigenvalue weighted by Gasteiger charge is -2.24. The summed E-state index contributed by atoms with van der Waals surface area (Å²) in [4.78, 5) is 63.6. The highest BCUT2D eigenvalue weighted by atomic mass is 16.7. The fourth-order valence-electron chi connectivity index (χ4n) is 18.7. The topological polar surface area (TPSA) is 299 Å². The van der Waals surface area contributed by atoms with Crippen molar-refractivity contribution in [3.05, 3.63) is 0 Å². The zero-order valence-corrected chi connectivity index (χ0v) is 91.0. The average molecular weight is 1970 g/mol. The van der Waals surface area contributed by atoms with E-state index in [0.717, 1.165) is 289 Å². The molecule has 0 aliphatic rings. The lowest BCUT2D eigenvalue weighted by Crippen LogP contribution is -2.32. The van der Waals surface area contributed by atoms with Gasteiger partial charge in [-0.15, -0.1) is 0 Å². The van der Waals surface area contributed by atoms with Gasteiger partial charge in [-0.25, -0.2) is 0 Å². The van der Waals surface area contributed by atoms with Crippen molar-refractivity contribution in [2.75, 3.05) is 66.3 Å². The molecule has 21 nitrogen and oxygen atoms in total. The second-order valence-electron chi connectivity index (χ2n) is 41.3. The first-order chi connectivity index (χ1) is 67.5. The van der Waals surface area contributed by atoms with Gasteiger partial charge in [0.05, 0.1) is 82.4 Å². The minimum Gasteiger partial charge on any atom is -0.463 e. The van der Waals surface area contributed by atoms with Crippen molar-refractivity contribution in [2.24, 2.45) is 0 Å². The van der Waals surface area contributed by atoms with E-state index in [1.165, 1.54) is 193 Å².